The van der Waals surface area contributed by atoms with Crippen LogP contribution in [0.25, 0.3) is 0 Å². The number of fused-ring (bicyclic) bond motifs is 1. The summed E-state index contributed by atoms with van der Waals surface area (Å²) in [5.41, 5.74) is 0.0204. The highest BCUT2D eigenvalue weighted by Gasteiger charge is 2.33. The molecule has 17 heavy (non-hydrogen) atoms. The number of hydrogen-bond donors (Lipinski definition) is 2. The number of aromatic nitrogens is 1. The minimum absolute atomic E-state index is 0.0460. The Kier molecular flexibility index (Phi) is 2.59. The number of nitrogens with one attached hydrogen (secondary N) is 1. The van der Waals surface area contributed by atoms with Gasteiger partial charge in [0.05, 0.1) is 11.1 Å². The molecule has 5 heteroatoms. The summed E-state index contributed by atoms with van der Waals surface area (Å²) in [6, 6.07) is 1.39. The summed E-state index contributed by atoms with van der Waals surface area (Å²) in [4.78, 5) is 27.6. The number of hydrogen-bond acceptors (Lipinski definition) is 5. The lowest BCUT2D eigenvalue weighted by molar-refractivity contribution is 0.0933. The van der Waals surface area contributed by atoms with Gasteiger partial charge in [0.25, 0.3) is 0 Å². The van der Waals surface area contributed by atoms with Gasteiger partial charge in [-0.15, -0.1) is 0 Å². The van der Waals surface area contributed by atoms with Crippen molar-refractivity contribution < 1.29 is 14.7 Å². The fourth-order valence-corrected chi connectivity index (χ4v) is 1.71. The normalized spacial score (nSPS) is 14.9. The van der Waals surface area contributed by atoms with Crippen molar-refractivity contribution in [3.05, 3.63) is 40.9 Å². The number of ketones is 2. The van der Waals surface area contributed by atoms with E-state index >= 15 is 0 Å². The molecule has 1 heterocycles. The van der Waals surface area contributed by atoms with Crippen molar-refractivity contribution in [1.82, 2.24) is 4.98 Å². The zero-order chi connectivity index (χ0) is 12.6. The van der Waals surface area contributed by atoms with Crippen LogP contribution in [-0.2, 0) is 0 Å². The minimum atomic E-state index is -0.638. The van der Waals surface area contributed by atoms with Crippen LogP contribution < -0.4 is 0 Å². The van der Waals surface area contributed by atoms with Gasteiger partial charge < -0.3 is 10.5 Å². The Bertz CT molecular complexity index is 573. The van der Waals surface area contributed by atoms with E-state index in [2.05, 4.69) is 4.98 Å². The highest BCUT2D eigenvalue weighted by Crippen LogP contribution is 2.25. The van der Waals surface area contributed by atoms with E-state index in [0.29, 0.717) is 0 Å². The summed E-state index contributed by atoms with van der Waals surface area (Å²) < 4.78 is 0. The van der Waals surface area contributed by atoms with Gasteiger partial charge in [-0.1, -0.05) is 6.92 Å². The van der Waals surface area contributed by atoms with Gasteiger partial charge in [0.15, 0.2) is 5.76 Å². The SMILES string of the molecule is CCC(=N)C1=C(O)C(=O)c2ccncc2C1=O. The number of allylic oxidation sites excluding steroid dienone is 2. The molecule has 5 nitrogen and oxygen atoms in total. The lowest BCUT2D eigenvalue weighted by atomic mass is 9.87. The van der Waals surface area contributed by atoms with Crippen LogP contribution in [0.15, 0.2) is 29.8 Å². The number of aliphatic hydroxyl groups excluding tert-OH is 1. The molecule has 0 atom stereocenters. The summed E-state index contributed by atoms with van der Waals surface area (Å²) in [6.07, 6.45) is 2.94. The third-order valence-corrected chi connectivity index (χ3v) is 2.64. The monoisotopic (exact) mass is 230 g/mol. The maximum absolute atomic E-state index is 12.0. The van der Waals surface area contributed by atoms with Crippen LogP contribution in [0.1, 0.15) is 34.1 Å². The number of rotatable bonds is 2. The molecule has 2 rings (SSSR count). The van der Waals surface area contributed by atoms with Crippen LogP contribution in [-0.4, -0.2) is 27.4 Å². The van der Waals surface area contributed by atoms with Gasteiger partial charge in [-0.25, -0.2) is 0 Å². The van der Waals surface area contributed by atoms with Gasteiger partial charge in [0.2, 0.25) is 11.6 Å². The van der Waals surface area contributed by atoms with Gasteiger partial charge in [-0.3, -0.25) is 14.6 Å². The summed E-state index contributed by atoms with van der Waals surface area (Å²) in [7, 11) is 0. The second-order valence-electron chi connectivity index (χ2n) is 3.64. The van der Waals surface area contributed by atoms with E-state index in [1.807, 2.05) is 0 Å². The van der Waals surface area contributed by atoms with Crippen molar-refractivity contribution >= 4 is 17.3 Å². The van der Waals surface area contributed by atoms with Gasteiger partial charge in [0.1, 0.15) is 0 Å². The van der Waals surface area contributed by atoms with E-state index < -0.39 is 17.3 Å². The van der Waals surface area contributed by atoms with Crippen molar-refractivity contribution in [2.75, 3.05) is 0 Å². The van der Waals surface area contributed by atoms with Crippen molar-refractivity contribution in [3.63, 3.8) is 0 Å². The van der Waals surface area contributed by atoms with Crippen LogP contribution in [0, 0.1) is 5.41 Å². The zero-order valence-corrected chi connectivity index (χ0v) is 9.15. The lowest BCUT2D eigenvalue weighted by Crippen LogP contribution is -2.26. The summed E-state index contributed by atoms with van der Waals surface area (Å²) in [6.45, 7) is 1.68. The van der Waals surface area contributed by atoms with Crippen molar-refractivity contribution in [2.45, 2.75) is 13.3 Å². The molecule has 0 aliphatic heterocycles. The summed E-state index contributed by atoms with van der Waals surface area (Å²) >= 11 is 0. The van der Waals surface area contributed by atoms with Gasteiger partial charge in [0, 0.05) is 23.7 Å². The molecule has 0 bridgehead atoms. The van der Waals surface area contributed by atoms with Crippen LogP contribution in [0.2, 0.25) is 0 Å². The molecule has 86 valence electrons. The second kappa shape index (κ2) is 3.93. The molecule has 2 N–H and O–H groups in total. The van der Waals surface area contributed by atoms with Gasteiger partial charge in [-0.2, -0.15) is 0 Å². The number of nitrogens with zero attached hydrogens (tertiary/aromatic N) is 1. The third kappa shape index (κ3) is 1.56. The Morgan fingerprint density at radius 1 is 1.35 bits per heavy atom. The number of carbonyl (C=O) groups is 2. The topological polar surface area (TPSA) is 91.1 Å². The zero-order valence-electron chi connectivity index (χ0n) is 9.15. The predicted molar refractivity (Wildman–Crippen MR) is 60.6 cm³/mol. The van der Waals surface area contributed by atoms with E-state index in [9.17, 15) is 14.7 Å². The van der Waals surface area contributed by atoms with Crippen molar-refractivity contribution in [1.29, 1.82) is 5.41 Å². The molecule has 0 radical (unpaired) electrons. The van der Waals surface area contributed by atoms with E-state index in [0.717, 1.165) is 0 Å². The standard InChI is InChI=1S/C12H10N2O3/c1-2-8(13)9-10(15)7-5-14-4-3-6(7)11(16)12(9)17/h3-5,13,17H,2H2,1H3. The second-order valence-corrected chi connectivity index (χ2v) is 3.64. The molecular weight excluding hydrogens is 220 g/mol. The first-order chi connectivity index (χ1) is 8.07. The van der Waals surface area contributed by atoms with Crippen molar-refractivity contribution in [2.24, 2.45) is 0 Å². The fourth-order valence-electron chi connectivity index (χ4n) is 1.71. The molecule has 0 fully saturated rings. The smallest absolute Gasteiger partial charge is 0.229 e. The van der Waals surface area contributed by atoms with Crippen LogP contribution in [0.3, 0.4) is 0 Å². The molecule has 0 unspecified atom stereocenters. The van der Waals surface area contributed by atoms with E-state index in [1.54, 1.807) is 6.92 Å². The lowest BCUT2D eigenvalue weighted by Gasteiger charge is -2.16. The van der Waals surface area contributed by atoms with Gasteiger partial charge in [-0.05, 0) is 12.5 Å². The molecule has 1 aliphatic rings. The van der Waals surface area contributed by atoms with E-state index in [-0.39, 0.29) is 28.8 Å². The molecule has 0 spiro atoms. The van der Waals surface area contributed by atoms with Gasteiger partial charge >= 0.3 is 0 Å². The van der Waals surface area contributed by atoms with Crippen LogP contribution >= 0.6 is 0 Å². The number of Topliss-reactive ketones (excluding diaryl/α,β-unsaturated/α-hetero) is 2. The molecule has 1 aromatic heterocycles. The maximum atomic E-state index is 12.0. The third-order valence-electron chi connectivity index (χ3n) is 2.64. The first kappa shape index (κ1) is 11.2. The average Bonchev–Trinajstić information content (AvgIpc) is 2.36. The summed E-state index contributed by atoms with van der Waals surface area (Å²) in [5.74, 6) is -1.78. The van der Waals surface area contributed by atoms with Crippen LogP contribution in [0.4, 0.5) is 0 Å². The van der Waals surface area contributed by atoms with Crippen LogP contribution in [0.5, 0.6) is 0 Å². The van der Waals surface area contributed by atoms with Crippen molar-refractivity contribution in [3.8, 4) is 0 Å². The Labute approximate surface area is 97.3 Å². The maximum Gasteiger partial charge on any atom is 0.229 e. The molecular formula is C12H10N2O3. The Morgan fingerprint density at radius 3 is 2.71 bits per heavy atom. The number of aliphatic hydroxyl groups is 1. The molecule has 1 aliphatic carbocycles. The predicted octanol–water partition coefficient (Wildman–Crippen LogP) is 1.70. The largest absolute Gasteiger partial charge is 0.504 e. The highest BCUT2D eigenvalue weighted by molar-refractivity contribution is 6.36. The highest BCUT2D eigenvalue weighted by atomic mass is 16.3. The first-order valence-corrected chi connectivity index (χ1v) is 5.12. The number of carbonyl (C=O) groups excluding carboxylic acids is 2. The summed E-state index contributed by atoms with van der Waals surface area (Å²) in [5, 5.41) is 17.3. The fraction of sp³-hybridized carbons (Fsp3) is 0.167. The molecule has 1 aromatic rings. The molecule has 0 aromatic carbocycles. The first-order valence-electron chi connectivity index (χ1n) is 5.12. The Hall–Kier alpha value is -2.30. The van der Waals surface area contributed by atoms with E-state index in [4.69, 9.17) is 5.41 Å². The van der Waals surface area contributed by atoms with E-state index in [1.165, 1.54) is 18.5 Å². The Balaban J connectivity index is 2.66. The average molecular weight is 230 g/mol. The molecule has 0 saturated carbocycles. The quantitative estimate of drug-likeness (QED) is 0.756. The Morgan fingerprint density at radius 2 is 2.06 bits per heavy atom. The minimum Gasteiger partial charge on any atom is -0.504 e. The number of pyridine rings is 1. The molecule has 0 saturated heterocycles. The molecule has 0 amide bonds.